The summed E-state index contributed by atoms with van der Waals surface area (Å²) in [5.74, 6) is 2.39. The predicted octanol–water partition coefficient (Wildman–Crippen LogP) is 7.21. The molecule has 10 nitrogen and oxygen atoms in total. The Labute approximate surface area is 303 Å². The summed E-state index contributed by atoms with van der Waals surface area (Å²) >= 11 is 0. The standard InChI is InChI=1S/C41H55N5O5/c1-40(2,3)51-39(47)45(24-21-29-14-10-8-11-15-29)23-13-9-12-16-31-26-34(36-35(31)49-41(4,5)50-36)46-25-22-33-37(42-28-43-38(33)46)44(6)27-30-17-19-32(48-7)20-18-30/h8,10-12,14-20,28,31,34-36H,9,13,21-27H2,1-7H3/b16-12+/t31-,34+,35+,36-/m0/s1. The summed E-state index contributed by atoms with van der Waals surface area (Å²) in [6, 6.07) is 18.6. The van der Waals surface area contributed by atoms with E-state index >= 15 is 0 Å². The van der Waals surface area contributed by atoms with Crippen molar-refractivity contribution in [2.24, 2.45) is 5.92 Å². The zero-order valence-electron chi connectivity index (χ0n) is 31.4. The van der Waals surface area contributed by atoms with Crippen LogP contribution in [-0.2, 0) is 33.6 Å². The van der Waals surface area contributed by atoms with Crippen LogP contribution in [0, 0.1) is 5.92 Å². The molecule has 2 fully saturated rings. The Morgan fingerprint density at radius 1 is 1.02 bits per heavy atom. The molecule has 0 N–H and O–H groups in total. The van der Waals surface area contributed by atoms with Crippen molar-refractivity contribution in [3.05, 3.63) is 89.8 Å². The van der Waals surface area contributed by atoms with E-state index in [0.29, 0.717) is 13.1 Å². The Morgan fingerprint density at radius 3 is 2.49 bits per heavy atom. The summed E-state index contributed by atoms with van der Waals surface area (Å²) in [4.78, 5) is 29.1. The maximum Gasteiger partial charge on any atom is 0.410 e. The molecule has 10 heteroatoms. The summed E-state index contributed by atoms with van der Waals surface area (Å²) in [6.07, 6.45) is 10.2. The molecule has 51 heavy (non-hydrogen) atoms. The first-order valence-electron chi connectivity index (χ1n) is 18.4. The van der Waals surface area contributed by atoms with Gasteiger partial charge in [0, 0.05) is 44.7 Å². The van der Waals surface area contributed by atoms with Gasteiger partial charge in [0.25, 0.3) is 0 Å². The van der Waals surface area contributed by atoms with Crippen LogP contribution in [0.1, 0.15) is 70.6 Å². The third-order valence-corrected chi connectivity index (χ3v) is 9.94. The second-order valence-corrected chi connectivity index (χ2v) is 15.5. The van der Waals surface area contributed by atoms with Gasteiger partial charge in [-0.25, -0.2) is 14.8 Å². The van der Waals surface area contributed by atoms with E-state index in [-0.39, 0.29) is 30.3 Å². The maximum atomic E-state index is 13.1. The third kappa shape index (κ3) is 9.02. The number of hydrogen-bond donors (Lipinski definition) is 0. The zero-order valence-corrected chi connectivity index (χ0v) is 31.4. The lowest BCUT2D eigenvalue weighted by Gasteiger charge is -2.31. The second-order valence-electron chi connectivity index (χ2n) is 15.5. The van der Waals surface area contributed by atoms with Gasteiger partial charge in [-0.3, -0.25) is 0 Å². The number of methoxy groups -OCH3 is 1. The van der Waals surface area contributed by atoms with Crippen LogP contribution in [0.5, 0.6) is 5.75 Å². The number of hydrogen-bond acceptors (Lipinski definition) is 9. The molecule has 1 saturated heterocycles. The number of aromatic nitrogens is 2. The molecule has 0 unspecified atom stereocenters. The number of nitrogens with zero attached hydrogens (tertiary/aromatic N) is 5. The van der Waals surface area contributed by atoms with E-state index in [2.05, 4.69) is 53.3 Å². The van der Waals surface area contributed by atoms with Crippen molar-refractivity contribution in [1.29, 1.82) is 0 Å². The van der Waals surface area contributed by atoms with Gasteiger partial charge in [-0.2, -0.15) is 0 Å². The molecule has 1 aromatic heterocycles. The summed E-state index contributed by atoms with van der Waals surface area (Å²) in [6.45, 7) is 12.6. The van der Waals surface area contributed by atoms with Crippen molar-refractivity contribution in [1.82, 2.24) is 14.9 Å². The lowest BCUT2D eigenvalue weighted by Crippen LogP contribution is -2.43. The number of carbonyl (C=O) groups excluding carboxylic acids is 1. The van der Waals surface area contributed by atoms with Gasteiger partial charge in [-0.1, -0.05) is 54.6 Å². The van der Waals surface area contributed by atoms with E-state index in [9.17, 15) is 4.79 Å². The zero-order chi connectivity index (χ0) is 36.2. The minimum atomic E-state index is -0.648. The van der Waals surface area contributed by atoms with Gasteiger partial charge in [0.05, 0.1) is 19.3 Å². The molecule has 1 saturated carbocycles. The smallest absolute Gasteiger partial charge is 0.410 e. The van der Waals surface area contributed by atoms with Crippen molar-refractivity contribution < 1.29 is 23.7 Å². The van der Waals surface area contributed by atoms with E-state index in [1.54, 1.807) is 13.4 Å². The van der Waals surface area contributed by atoms with Crippen LogP contribution in [-0.4, -0.2) is 84.4 Å². The average Bonchev–Trinajstić information content (AvgIpc) is 3.76. The van der Waals surface area contributed by atoms with Crippen LogP contribution in [0.2, 0.25) is 0 Å². The number of amides is 1. The van der Waals surface area contributed by atoms with Crippen LogP contribution in [0.25, 0.3) is 0 Å². The summed E-state index contributed by atoms with van der Waals surface area (Å²) < 4.78 is 24.2. The number of unbranched alkanes of at least 4 members (excludes halogenated alkanes) is 1. The quantitative estimate of drug-likeness (QED) is 0.136. The molecule has 3 aliphatic rings. The van der Waals surface area contributed by atoms with Gasteiger partial charge in [-0.05, 0) is 90.0 Å². The molecule has 3 aromatic rings. The monoisotopic (exact) mass is 697 g/mol. The summed E-state index contributed by atoms with van der Waals surface area (Å²) in [5.41, 5.74) is 3.05. The highest BCUT2D eigenvalue weighted by molar-refractivity contribution is 5.68. The topological polar surface area (TPSA) is 89.5 Å². The number of carbonyl (C=O) groups is 1. The molecule has 0 bridgehead atoms. The lowest BCUT2D eigenvalue weighted by atomic mass is 10.0. The normalized spacial score (nSPS) is 22.2. The van der Waals surface area contributed by atoms with Gasteiger partial charge in [0.1, 0.15) is 35.4 Å². The molecule has 0 radical (unpaired) electrons. The molecular weight excluding hydrogens is 642 g/mol. The Bertz CT molecular complexity index is 1640. The highest BCUT2D eigenvalue weighted by Gasteiger charge is 2.55. The minimum Gasteiger partial charge on any atom is -0.497 e. The molecular formula is C41H55N5O5. The van der Waals surface area contributed by atoms with E-state index in [0.717, 1.165) is 62.6 Å². The highest BCUT2D eigenvalue weighted by atomic mass is 16.8. The van der Waals surface area contributed by atoms with Gasteiger partial charge >= 0.3 is 6.09 Å². The van der Waals surface area contributed by atoms with Gasteiger partial charge in [0.2, 0.25) is 0 Å². The van der Waals surface area contributed by atoms with Crippen LogP contribution < -0.4 is 14.5 Å². The number of rotatable bonds is 13. The summed E-state index contributed by atoms with van der Waals surface area (Å²) in [5, 5.41) is 0. The van der Waals surface area contributed by atoms with Crippen molar-refractivity contribution in [3.8, 4) is 5.75 Å². The molecule has 6 rings (SSSR count). The molecule has 0 spiro atoms. The number of benzene rings is 2. The molecule has 4 atom stereocenters. The van der Waals surface area contributed by atoms with Gasteiger partial charge < -0.3 is 33.6 Å². The van der Waals surface area contributed by atoms with Crippen molar-refractivity contribution in [2.75, 3.05) is 43.6 Å². The van der Waals surface area contributed by atoms with E-state index in [4.69, 9.17) is 28.9 Å². The Hall–Kier alpha value is -4.15. The maximum absolute atomic E-state index is 13.1. The van der Waals surface area contributed by atoms with E-state index in [1.165, 1.54) is 16.7 Å². The third-order valence-electron chi connectivity index (χ3n) is 9.94. The largest absolute Gasteiger partial charge is 0.497 e. The number of anilines is 2. The molecule has 274 valence electrons. The first-order valence-corrected chi connectivity index (χ1v) is 18.4. The highest BCUT2D eigenvalue weighted by Crippen LogP contribution is 2.47. The van der Waals surface area contributed by atoms with Crippen LogP contribution in [0.3, 0.4) is 0 Å². The first kappa shape index (κ1) is 36.6. The fourth-order valence-corrected chi connectivity index (χ4v) is 7.62. The summed E-state index contributed by atoms with van der Waals surface area (Å²) in [7, 11) is 3.78. The fourth-order valence-electron chi connectivity index (χ4n) is 7.62. The Morgan fingerprint density at radius 2 is 1.76 bits per heavy atom. The fraction of sp³-hybridized carbons (Fsp3) is 0.537. The Kier molecular flexibility index (Phi) is 11.2. The number of fused-ring (bicyclic) bond motifs is 2. The molecule has 1 aliphatic carbocycles. The minimum absolute atomic E-state index is 0.0338. The molecule has 2 aliphatic heterocycles. The second kappa shape index (κ2) is 15.6. The van der Waals surface area contributed by atoms with Crippen LogP contribution >= 0.6 is 0 Å². The molecule has 2 aromatic carbocycles. The van der Waals surface area contributed by atoms with Crippen molar-refractivity contribution in [2.45, 2.75) is 103 Å². The van der Waals surface area contributed by atoms with Gasteiger partial charge in [-0.15, -0.1) is 0 Å². The SMILES string of the molecule is COc1ccc(CN(C)c2ncnc3c2CCN3[C@@H]2C[C@H](/C=C/CCCN(CCc3ccccc3)C(=O)OC(C)(C)C)[C@H]3OC(C)(C)O[C@H]32)cc1. The molecule has 3 heterocycles. The molecule has 1 amide bonds. The number of allylic oxidation sites excluding steroid dienone is 1. The van der Waals surface area contributed by atoms with Crippen molar-refractivity contribution >= 4 is 17.7 Å². The van der Waals surface area contributed by atoms with Crippen LogP contribution in [0.15, 0.2) is 73.1 Å². The lowest BCUT2D eigenvalue weighted by molar-refractivity contribution is -0.156. The van der Waals surface area contributed by atoms with E-state index < -0.39 is 11.4 Å². The van der Waals surface area contributed by atoms with Crippen LogP contribution in [0.4, 0.5) is 16.4 Å². The van der Waals surface area contributed by atoms with Crippen molar-refractivity contribution in [3.63, 3.8) is 0 Å². The number of ether oxygens (including phenoxy) is 4. The predicted molar refractivity (Wildman–Crippen MR) is 200 cm³/mol. The average molecular weight is 698 g/mol. The first-order chi connectivity index (χ1) is 24.4. The van der Waals surface area contributed by atoms with Gasteiger partial charge in [0.15, 0.2) is 5.79 Å². The van der Waals surface area contributed by atoms with E-state index in [1.807, 2.05) is 69.9 Å². The Balaban J connectivity index is 1.09.